The second-order valence-corrected chi connectivity index (χ2v) is 9.74. The van der Waals surface area contributed by atoms with Crippen molar-refractivity contribution in [3.63, 3.8) is 0 Å². The van der Waals surface area contributed by atoms with E-state index in [2.05, 4.69) is 10.6 Å². The number of amides is 3. The van der Waals surface area contributed by atoms with Crippen LogP contribution in [-0.2, 0) is 19.2 Å². The molecule has 3 amide bonds. The van der Waals surface area contributed by atoms with E-state index in [4.69, 9.17) is 16.3 Å². The number of hydrogen-bond donors (Lipinski definition) is 2. The molecule has 4 rings (SSSR count). The van der Waals surface area contributed by atoms with E-state index in [9.17, 15) is 19.2 Å². The van der Waals surface area contributed by atoms with Crippen LogP contribution in [0.15, 0.2) is 18.2 Å². The van der Waals surface area contributed by atoms with Gasteiger partial charge in [-0.25, -0.2) is 0 Å². The summed E-state index contributed by atoms with van der Waals surface area (Å²) in [6, 6.07) is 3.81. The van der Waals surface area contributed by atoms with E-state index in [1.807, 2.05) is 6.92 Å². The number of nitrogens with zero attached hydrogens (tertiary/aromatic N) is 1. The lowest BCUT2D eigenvalue weighted by molar-refractivity contribution is -0.141. The average Bonchev–Trinajstić information content (AvgIpc) is 3.48. The lowest BCUT2D eigenvalue weighted by Gasteiger charge is -2.28. The third-order valence-electron chi connectivity index (χ3n) is 7.16. The topological polar surface area (TPSA) is 105 Å². The second kappa shape index (κ2) is 10.1. The Balaban J connectivity index is 1.42. The molecule has 178 valence electrons. The third kappa shape index (κ3) is 5.16. The molecular formula is C24H30ClN3O5. The molecule has 0 spiro atoms. The monoisotopic (exact) mass is 475 g/mol. The number of hydrogen-bond acceptors (Lipinski definition) is 5. The molecule has 1 aromatic carbocycles. The van der Waals surface area contributed by atoms with Crippen molar-refractivity contribution in [3.8, 4) is 5.75 Å². The number of rotatable bonds is 8. The number of ether oxygens (including phenoxy) is 1. The molecule has 1 aromatic rings. The number of carbonyl (C=O) groups is 4. The fourth-order valence-electron chi connectivity index (χ4n) is 5.49. The van der Waals surface area contributed by atoms with Gasteiger partial charge < -0.3 is 25.1 Å². The Morgan fingerprint density at radius 2 is 2.15 bits per heavy atom. The maximum Gasteiger partial charge on any atom is 0.261 e. The zero-order chi connectivity index (χ0) is 23.5. The summed E-state index contributed by atoms with van der Waals surface area (Å²) >= 11 is 5.98. The SMILES string of the molecule is Cc1cc(Cl)ccc1OCC(=O)N1C[C@@H]2CCC[C@@H]2[C@H]1C(=O)N[C@H](C=O)C[C@@H]1CCNC1=O. The Bertz CT molecular complexity index is 939. The maximum absolute atomic E-state index is 13.3. The second-order valence-electron chi connectivity index (χ2n) is 9.31. The molecule has 5 atom stereocenters. The van der Waals surface area contributed by atoms with Gasteiger partial charge in [0.2, 0.25) is 11.8 Å². The maximum atomic E-state index is 13.3. The van der Waals surface area contributed by atoms with Crippen LogP contribution in [0.2, 0.25) is 5.02 Å². The van der Waals surface area contributed by atoms with Crippen LogP contribution >= 0.6 is 11.6 Å². The van der Waals surface area contributed by atoms with Crippen LogP contribution in [0, 0.1) is 24.7 Å². The number of aryl methyl sites for hydroxylation is 1. The molecule has 1 aliphatic carbocycles. The van der Waals surface area contributed by atoms with E-state index in [-0.39, 0.29) is 48.5 Å². The number of likely N-dealkylation sites (tertiary alicyclic amines) is 1. The Morgan fingerprint density at radius 3 is 2.85 bits per heavy atom. The van der Waals surface area contributed by atoms with Crippen LogP contribution in [0.3, 0.4) is 0 Å². The summed E-state index contributed by atoms with van der Waals surface area (Å²) in [4.78, 5) is 51.5. The molecule has 2 saturated heterocycles. The van der Waals surface area contributed by atoms with Gasteiger partial charge in [-0.1, -0.05) is 18.0 Å². The van der Waals surface area contributed by atoms with Crippen LogP contribution < -0.4 is 15.4 Å². The molecule has 0 bridgehead atoms. The molecule has 0 aromatic heterocycles. The summed E-state index contributed by atoms with van der Waals surface area (Å²) in [5.74, 6) is -0.0152. The van der Waals surface area contributed by atoms with Gasteiger partial charge in [0.25, 0.3) is 5.91 Å². The van der Waals surface area contributed by atoms with Crippen LogP contribution in [0.25, 0.3) is 0 Å². The minimum Gasteiger partial charge on any atom is -0.483 e. The average molecular weight is 476 g/mol. The van der Waals surface area contributed by atoms with Gasteiger partial charge in [-0.05, 0) is 68.2 Å². The first-order valence-electron chi connectivity index (χ1n) is 11.6. The van der Waals surface area contributed by atoms with Crippen molar-refractivity contribution < 1.29 is 23.9 Å². The molecule has 2 aliphatic heterocycles. The Kier molecular flexibility index (Phi) is 7.22. The number of halogens is 1. The van der Waals surface area contributed by atoms with Gasteiger partial charge in [-0.3, -0.25) is 14.4 Å². The van der Waals surface area contributed by atoms with E-state index in [0.29, 0.717) is 36.6 Å². The molecular weight excluding hydrogens is 446 g/mol. The van der Waals surface area contributed by atoms with Gasteiger partial charge in [-0.15, -0.1) is 0 Å². The molecule has 2 N–H and O–H groups in total. The molecule has 3 fully saturated rings. The van der Waals surface area contributed by atoms with Crippen molar-refractivity contribution in [2.24, 2.45) is 17.8 Å². The van der Waals surface area contributed by atoms with Gasteiger partial charge in [0, 0.05) is 24.0 Å². The van der Waals surface area contributed by atoms with Gasteiger partial charge in [-0.2, -0.15) is 0 Å². The van der Waals surface area contributed by atoms with Crippen molar-refractivity contribution in [2.45, 2.75) is 51.1 Å². The molecule has 3 aliphatic rings. The number of nitrogens with one attached hydrogen (secondary N) is 2. The number of carbonyl (C=O) groups excluding carboxylic acids is 4. The molecule has 0 radical (unpaired) electrons. The zero-order valence-electron chi connectivity index (χ0n) is 18.7. The summed E-state index contributed by atoms with van der Waals surface area (Å²) < 4.78 is 5.74. The van der Waals surface area contributed by atoms with Crippen molar-refractivity contribution in [1.29, 1.82) is 0 Å². The molecule has 2 heterocycles. The highest BCUT2D eigenvalue weighted by molar-refractivity contribution is 6.30. The predicted molar refractivity (Wildman–Crippen MR) is 122 cm³/mol. The zero-order valence-corrected chi connectivity index (χ0v) is 19.5. The fraction of sp³-hybridized carbons (Fsp3) is 0.583. The highest BCUT2D eigenvalue weighted by Gasteiger charge is 2.49. The van der Waals surface area contributed by atoms with Gasteiger partial charge in [0.15, 0.2) is 6.61 Å². The number of benzene rings is 1. The largest absolute Gasteiger partial charge is 0.483 e. The first-order chi connectivity index (χ1) is 15.9. The highest BCUT2D eigenvalue weighted by Crippen LogP contribution is 2.42. The van der Waals surface area contributed by atoms with E-state index < -0.39 is 12.1 Å². The standard InChI is InChI=1S/C24H30ClN3O5/c1-14-9-17(25)5-6-20(14)33-13-21(30)28-11-16-3-2-4-19(16)22(28)24(32)27-18(12-29)10-15-7-8-26-23(15)31/h5-6,9,12,15-16,18-19,22H,2-4,7-8,10-11,13H2,1H3,(H,26,31)(H,27,32)/t15-,16-,18-,19-,22-/m0/s1. The van der Waals surface area contributed by atoms with E-state index >= 15 is 0 Å². The fourth-order valence-corrected chi connectivity index (χ4v) is 5.72. The molecule has 1 saturated carbocycles. The molecule has 0 unspecified atom stereocenters. The van der Waals surface area contributed by atoms with Crippen molar-refractivity contribution in [1.82, 2.24) is 15.5 Å². The van der Waals surface area contributed by atoms with E-state index in [1.54, 1.807) is 23.1 Å². The Labute approximate surface area is 198 Å². The first kappa shape index (κ1) is 23.5. The summed E-state index contributed by atoms with van der Waals surface area (Å²) in [6.07, 6.45) is 4.49. The van der Waals surface area contributed by atoms with E-state index in [1.165, 1.54) is 0 Å². The number of fused-ring (bicyclic) bond motifs is 1. The van der Waals surface area contributed by atoms with Crippen LogP contribution in [-0.4, -0.2) is 60.7 Å². The summed E-state index contributed by atoms with van der Waals surface area (Å²) in [6.45, 7) is 2.78. The molecule has 33 heavy (non-hydrogen) atoms. The van der Waals surface area contributed by atoms with Crippen molar-refractivity contribution in [3.05, 3.63) is 28.8 Å². The van der Waals surface area contributed by atoms with Gasteiger partial charge in [0.05, 0.1) is 6.04 Å². The normalized spacial score (nSPS) is 27.1. The summed E-state index contributed by atoms with van der Waals surface area (Å²) in [5, 5.41) is 6.15. The highest BCUT2D eigenvalue weighted by atomic mass is 35.5. The Morgan fingerprint density at radius 1 is 1.33 bits per heavy atom. The van der Waals surface area contributed by atoms with Crippen LogP contribution in [0.1, 0.15) is 37.7 Å². The lowest BCUT2D eigenvalue weighted by atomic mass is 9.92. The summed E-state index contributed by atoms with van der Waals surface area (Å²) in [5.41, 5.74) is 0.827. The van der Waals surface area contributed by atoms with Crippen molar-refractivity contribution in [2.75, 3.05) is 19.7 Å². The van der Waals surface area contributed by atoms with E-state index in [0.717, 1.165) is 24.8 Å². The van der Waals surface area contributed by atoms with Gasteiger partial charge >= 0.3 is 0 Å². The lowest BCUT2D eigenvalue weighted by Crippen LogP contribution is -2.52. The quantitative estimate of drug-likeness (QED) is 0.558. The predicted octanol–water partition coefficient (Wildman–Crippen LogP) is 1.86. The van der Waals surface area contributed by atoms with Crippen LogP contribution in [0.5, 0.6) is 5.75 Å². The van der Waals surface area contributed by atoms with Gasteiger partial charge in [0.1, 0.15) is 18.1 Å². The Hall–Kier alpha value is -2.61. The molecule has 9 heteroatoms. The smallest absolute Gasteiger partial charge is 0.261 e. The van der Waals surface area contributed by atoms with Crippen LogP contribution in [0.4, 0.5) is 0 Å². The molecule has 8 nitrogen and oxygen atoms in total. The minimum absolute atomic E-state index is 0.0771. The number of aldehydes is 1. The van der Waals surface area contributed by atoms with Crippen molar-refractivity contribution >= 4 is 35.6 Å². The first-order valence-corrected chi connectivity index (χ1v) is 12.0. The third-order valence-corrected chi connectivity index (χ3v) is 7.40. The summed E-state index contributed by atoms with van der Waals surface area (Å²) in [7, 11) is 0. The minimum atomic E-state index is -0.753.